The lowest BCUT2D eigenvalue weighted by Gasteiger charge is -2.37. The standard InChI is InChI=1S/C23H21ClN2O4/c1-3-7-30-21-17(24)8-12(9-18(21)29-4-2)11-25-26-22(27)19-13-5-6-14(16-10-15(13)16)20(19)23(26)28/h1,5-6,8-9,11,13-16,19-20H,4,7,10H2,2H3/b25-11-/t13-,14+,15+,16-,19+,20-. The van der Waals surface area contributed by atoms with E-state index in [1.807, 2.05) is 6.92 Å². The fraction of sp³-hybridized carbons (Fsp3) is 0.435. The third-order valence-corrected chi connectivity index (χ3v) is 6.87. The molecule has 0 aromatic heterocycles. The Morgan fingerprint density at radius 1 is 1.20 bits per heavy atom. The molecule has 2 saturated carbocycles. The molecule has 1 aromatic rings. The van der Waals surface area contributed by atoms with Crippen molar-refractivity contribution in [1.82, 2.24) is 5.01 Å². The highest BCUT2D eigenvalue weighted by atomic mass is 35.5. The zero-order valence-corrected chi connectivity index (χ0v) is 17.2. The van der Waals surface area contributed by atoms with Crippen molar-refractivity contribution in [3.05, 3.63) is 34.9 Å². The number of halogens is 1. The van der Waals surface area contributed by atoms with E-state index in [1.54, 1.807) is 12.1 Å². The van der Waals surface area contributed by atoms with E-state index in [-0.39, 0.29) is 42.1 Å². The maximum atomic E-state index is 13.0. The summed E-state index contributed by atoms with van der Waals surface area (Å²) in [5, 5.41) is 5.60. The van der Waals surface area contributed by atoms with Crippen LogP contribution >= 0.6 is 11.6 Å². The summed E-state index contributed by atoms with van der Waals surface area (Å²) < 4.78 is 11.1. The molecule has 3 fully saturated rings. The van der Waals surface area contributed by atoms with Gasteiger partial charge in [-0.1, -0.05) is 29.7 Å². The molecule has 1 saturated heterocycles. The second-order valence-corrected chi connectivity index (χ2v) is 8.55. The fourth-order valence-corrected chi connectivity index (χ4v) is 5.63. The van der Waals surface area contributed by atoms with Crippen molar-refractivity contribution in [2.75, 3.05) is 13.2 Å². The van der Waals surface area contributed by atoms with Gasteiger partial charge in [0, 0.05) is 0 Å². The van der Waals surface area contributed by atoms with Gasteiger partial charge in [-0.3, -0.25) is 9.59 Å². The minimum absolute atomic E-state index is 0.0607. The number of rotatable bonds is 6. The normalized spacial score (nSPS) is 32.9. The summed E-state index contributed by atoms with van der Waals surface area (Å²) in [6, 6.07) is 3.33. The number of hydrogen-bond donors (Lipinski definition) is 0. The molecule has 5 aliphatic rings. The number of imide groups is 1. The third kappa shape index (κ3) is 2.84. The SMILES string of the molecule is C#CCOc1c(Cl)cc(/C=N\N2C(=O)[C@@H]3[C@H]4C=C[C@H]([C@@H]5C[C@H]45)[C@@H]3C2=O)cc1OCC. The molecule has 0 unspecified atom stereocenters. The molecule has 0 radical (unpaired) electrons. The zero-order chi connectivity index (χ0) is 21.0. The number of terminal acetylenes is 1. The minimum Gasteiger partial charge on any atom is -0.490 e. The molecule has 2 bridgehead atoms. The molecular formula is C23H21ClN2O4. The molecule has 0 N–H and O–H groups in total. The van der Waals surface area contributed by atoms with Gasteiger partial charge in [0.05, 0.1) is 29.7 Å². The summed E-state index contributed by atoms with van der Waals surface area (Å²) in [4.78, 5) is 26.0. The zero-order valence-electron chi connectivity index (χ0n) is 16.5. The molecule has 7 heteroatoms. The van der Waals surface area contributed by atoms with Gasteiger partial charge in [0.2, 0.25) is 0 Å². The Morgan fingerprint density at radius 2 is 1.87 bits per heavy atom. The van der Waals surface area contributed by atoms with Crippen molar-refractivity contribution in [2.45, 2.75) is 13.3 Å². The molecule has 6 rings (SSSR count). The Balaban J connectivity index is 1.40. The number of benzene rings is 1. The van der Waals surface area contributed by atoms with E-state index in [0.717, 1.165) is 11.4 Å². The summed E-state index contributed by atoms with van der Waals surface area (Å²) in [5.41, 5.74) is 0.593. The van der Waals surface area contributed by atoms with Crippen LogP contribution < -0.4 is 9.47 Å². The van der Waals surface area contributed by atoms with Crippen LogP contribution in [0.15, 0.2) is 29.4 Å². The average Bonchev–Trinajstić information content (AvgIpc) is 3.51. The molecule has 1 aromatic carbocycles. The number of amides is 2. The highest BCUT2D eigenvalue weighted by Crippen LogP contribution is 2.65. The number of nitrogens with zero attached hydrogens (tertiary/aromatic N) is 2. The highest BCUT2D eigenvalue weighted by Gasteiger charge is 2.67. The summed E-state index contributed by atoms with van der Waals surface area (Å²) in [6.07, 6.45) is 12.1. The number of ether oxygens (including phenoxy) is 2. The predicted molar refractivity (Wildman–Crippen MR) is 111 cm³/mol. The monoisotopic (exact) mass is 424 g/mol. The lowest BCUT2D eigenvalue weighted by atomic mass is 9.63. The van der Waals surface area contributed by atoms with Gasteiger partial charge in [0.15, 0.2) is 11.5 Å². The van der Waals surface area contributed by atoms with E-state index in [1.165, 1.54) is 6.21 Å². The predicted octanol–water partition coefficient (Wildman–Crippen LogP) is 3.14. The van der Waals surface area contributed by atoms with E-state index < -0.39 is 0 Å². The number of carbonyl (C=O) groups is 2. The first-order valence-corrected chi connectivity index (χ1v) is 10.6. The maximum Gasteiger partial charge on any atom is 0.254 e. The van der Waals surface area contributed by atoms with Crippen LogP contribution in [0.1, 0.15) is 18.9 Å². The highest BCUT2D eigenvalue weighted by molar-refractivity contribution is 6.32. The van der Waals surface area contributed by atoms with E-state index in [9.17, 15) is 9.59 Å². The summed E-state index contributed by atoms with van der Waals surface area (Å²) in [5.74, 6) is 3.71. The maximum absolute atomic E-state index is 13.0. The lowest BCUT2D eigenvalue weighted by molar-refractivity contribution is -0.140. The topological polar surface area (TPSA) is 68.2 Å². The number of carbonyl (C=O) groups excluding carboxylic acids is 2. The van der Waals surface area contributed by atoms with Gasteiger partial charge in [0.25, 0.3) is 11.8 Å². The number of hydrazone groups is 1. The first kappa shape index (κ1) is 19.2. The largest absolute Gasteiger partial charge is 0.490 e. The Labute approximate surface area is 179 Å². The summed E-state index contributed by atoms with van der Waals surface area (Å²) >= 11 is 6.33. The Bertz CT molecular complexity index is 991. The van der Waals surface area contributed by atoms with Gasteiger partial charge in [-0.2, -0.15) is 10.1 Å². The first-order chi connectivity index (χ1) is 14.5. The quantitative estimate of drug-likeness (QED) is 0.304. The van der Waals surface area contributed by atoms with Crippen molar-refractivity contribution in [3.8, 4) is 23.8 Å². The van der Waals surface area contributed by atoms with Crippen molar-refractivity contribution in [1.29, 1.82) is 0 Å². The Hall–Kier alpha value is -2.78. The summed E-state index contributed by atoms with van der Waals surface area (Å²) in [7, 11) is 0. The molecule has 1 aliphatic heterocycles. The third-order valence-electron chi connectivity index (χ3n) is 6.59. The number of allylic oxidation sites excluding steroid dienone is 2. The van der Waals surface area contributed by atoms with Crippen LogP contribution in [0.25, 0.3) is 0 Å². The number of hydrogen-bond acceptors (Lipinski definition) is 5. The fourth-order valence-electron chi connectivity index (χ4n) is 5.36. The van der Waals surface area contributed by atoms with Crippen molar-refractivity contribution >= 4 is 29.6 Å². The van der Waals surface area contributed by atoms with Crippen LogP contribution in [-0.2, 0) is 9.59 Å². The average molecular weight is 425 g/mol. The van der Waals surface area contributed by atoms with Gasteiger partial charge in [0.1, 0.15) is 6.61 Å². The van der Waals surface area contributed by atoms with E-state index >= 15 is 0 Å². The van der Waals surface area contributed by atoms with Crippen molar-refractivity contribution in [3.63, 3.8) is 0 Å². The van der Waals surface area contributed by atoms with Crippen LogP contribution in [-0.4, -0.2) is 36.3 Å². The van der Waals surface area contributed by atoms with Gasteiger partial charge >= 0.3 is 0 Å². The molecule has 6 nitrogen and oxygen atoms in total. The Morgan fingerprint density at radius 3 is 2.47 bits per heavy atom. The van der Waals surface area contributed by atoms with Gasteiger partial charge in [-0.05, 0) is 54.7 Å². The van der Waals surface area contributed by atoms with E-state index in [0.29, 0.717) is 40.5 Å². The van der Waals surface area contributed by atoms with Crippen LogP contribution in [0.3, 0.4) is 0 Å². The molecule has 2 amide bonds. The molecule has 4 aliphatic carbocycles. The Kier molecular flexibility index (Phi) is 4.59. The smallest absolute Gasteiger partial charge is 0.254 e. The minimum atomic E-state index is -0.268. The van der Waals surface area contributed by atoms with E-state index in [2.05, 4.69) is 23.2 Å². The molecular weight excluding hydrogens is 404 g/mol. The first-order valence-electron chi connectivity index (χ1n) is 10.2. The van der Waals surface area contributed by atoms with E-state index in [4.69, 9.17) is 27.5 Å². The van der Waals surface area contributed by atoms with Crippen LogP contribution in [0.5, 0.6) is 11.5 Å². The second-order valence-electron chi connectivity index (χ2n) is 8.14. The second kappa shape index (κ2) is 7.17. The molecule has 0 spiro atoms. The lowest BCUT2D eigenvalue weighted by Crippen LogP contribution is -2.40. The van der Waals surface area contributed by atoms with Gasteiger partial charge < -0.3 is 9.47 Å². The van der Waals surface area contributed by atoms with Crippen molar-refractivity contribution in [2.24, 2.45) is 40.6 Å². The van der Waals surface area contributed by atoms with Crippen LogP contribution in [0.4, 0.5) is 0 Å². The van der Waals surface area contributed by atoms with Gasteiger partial charge in [-0.25, -0.2) is 0 Å². The summed E-state index contributed by atoms with van der Waals surface area (Å²) in [6.45, 7) is 2.31. The molecule has 1 heterocycles. The van der Waals surface area contributed by atoms with Gasteiger partial charge in [-0.15, -0.1) is 6.42 Å². The molecule has 154 valence electrons. The molecule has 30 heavy (non-hydrogen) atoms. The van der Waals surface area contributed by atoms with Crippen LogP contribution in [0, 0.1) is 47.9 Å². The van der Waals surface area contributed by atoms with Crippen molar-refractivity contribution < 1.29 is 19.1 Å². The van der Waals surface area contributed by atoms with Crippen LogP contribution in [0.2, 0.25) is 5.02 Å². The molecule has 6 atom stereocenters.